The van der Waals surface area contributed by atoms with Gasteiger partial charge in [-0.15, -0.1) is 0 Å². The molecule has 5 N–H and O–H groups in total. The number of hydrogen-bond acceptors (Lipinski definition) is 8. The summed E-state index contributed by atoms with van der Waals surface area (Å²) < 4.78 is 11.1. The number of carbonyl (C=O) groups is 1. The minimum absolute atomic E-state index is 0.0504. The van der Waals surface area contributed by atoms with E-state index in [1.807, 2.05) is 6.92 Å². The van der Waals surface area contributed by atoms with Gasteiger partial charge in [0.25, 0.3) is 0 Å². The van der Waals surface area contributed by atoms with Crippen LogP contribution in [0.15, 0.2) is 12.2 Å². The van der Waals surface area contributed by atoms with E-state index in [2.05, 4.69) is 13.5 Å². The highest BCUT2D eigenvalue weighted by Gasteiger charge is 2.68. The maximum absolute atomic E-state index is 13.7. The molecule has 2 bridgehead atoms. The second-order valence-electron chi connectivity index (χ2n) is 12.4. The second-order valence-corrected chi connectivity index (χ2v) is 12.4. The summed E-state index contributed by atoms with van der Waals surface area (Å²) in [6.45, 7) is 7.91. The molecule has 5 unspecified atom stereocenters. The Morgan fingerprint density at radius 2 is 1.76 bits per heavy atom. The zero-order valence-corrected chi connectivity index (χ0v) is 20.3. The van der Waals surface area contributed by atoms with Crippen molar-refractivity contribution in [3.63, 3.8) is 0 Å². The molecule has 0 aromatic heterocycles. The van der Waals surface area contributed by atoms with Crippen LogP contribution in [0.5, 0.6) is 0 Å². The molecule has 0 aromatic rings. The van der Waals surface area contributed by atoms with Crippen LogP contribution in [0.25, 0.3) is 0 Å². The Bertz CT molecular complexity index is 860. The van der Waals surface area contributed by atoms with Crippen molar-refractivity contribution in [2.24, 2.45) is 28.1 Å². The van der Waals surface area contributed by atoms with Crippen molar-refractivity contribution in [1.82, 2.24) is 0 Å². The molecule has 8 nitrogen and oxygen atoms in total. The first kappa shape index (κ1) is 24.7. The third-order valence-corrected chi connectivity index (χ3v) is 10.7. The summed E-state index contributed by atoms with van der Waals surface area (Å²) in [6.07, 6.45) is 0.422. The molecule has 4 saturated carbocycles. The topological polar surface area (TPSA) is 137 Å². The molecule has 5 aliphatic rings. The Morgan fingerprint density at radius 1 is 1.06 bits per heavy atom. The summed E-state index contributed by atoms with van der Waals surface area (Å²) in [4.78, 5) is 13.7. The summed E-state index contributed by atoms with van der Waals surface area (Å²) in [6, 6.07) is 0. The lowest BCUT2D eigenvalue weighted by Crippen LogP contribution is -2.62. The van der Waals surface area contributed by atoms with Crippen molar-refractivity contribution >= 4 is 5.97 Å². The van der Waals surface area contributed by atoms with Crippen LogP contribution in [0.1, 0.15) is 71.6 Å². The number of aliphatic hydroxyl groups excluding tert-OH is 4. The highest BCUT2D eigenvalue weighted by molar-refractivity contribution is 5.77. The van der Waals surface area contributed by atoms with E-state index in [1.165, 1.54) is 0 Å². The summed E-state index contributed by atoms with van der Waals surface area (Å²) in [5.74, 6) is 0.0200. The average molecular weight is 481 g/mol. The van der Waals surface area contributed by atoms with Crippen LogP contribution < -0.4 is 0 Å². The first-order valence-electron chi connectivity index (χ1n) is 12.8. The zero-order chi connectivity index (χ0) is 24.7. The third kappa shape index (κ3) is 3.29. The lowest BCUT2D eigenvalue weighted by atomic mass is 9.41. The molecule has 5 rings (SSSR count). The van der Waals surface area contributed by atoms with Gasteiger partial charge < -0.3 is 35.0 Å². The second kappa shape index (κ2) is 7.98. The average Bonchev–Trinajstić information content (AvgIpc) is 2.96. The van der Waals surface area contributed by atoms with Crippen LogP contribution in [0.2, 0.25) is 0 Å². The lowest BCUT2D eigenvalue weighted by Gasteiger charge is -2.63. The van der Waals surface area contributed by atoms with Crippen molar-refractivity contribution in [2.45, 2.75) is 108 Å². The summed E-state index contributed by atoms with van der Waals surface area (Å²) in [5.41, 5.74) is -0.575. The SMILES string of the molecule is C=C1C[C@@]23CC[C@H]4[C@@](C)(CCC[C@@]4(C)C(=O)OC4OC(CO)C(O)C(O)C4O)[C@@H]2CC[C@]1(O)C3. The number of ether oxygens (including phenoxy) is 2. The molecule has 11 atom stereocenters. The van der Waals surface area contributed by atoms with Crippen molar-refractivity contribution in [3.8, 4) is 0 Å². The Morgan fingerprint density at radius 3 is 2.47 bits per heavy atom. The fraction of sp³-hybridized carbons (Fsp3) is 0.885. The summed E-state index contributed by atoms with van der Waals surface area (Å²) in [7, 11) is 0. The van der Waals surface area contributed by atoms with E-state index in [0.29, 0.717) is 12.3 Å². The van der Waals surface area contributed by atoms with Crippen molar-refractivity contribution in [1.29, 1.82) is 0 Å². The van der Waals surface area contributed by atoms with Gasteiger partial charge in [0, 0.05) is 0 Å². The zero-order valence-electron chi connectivity index (χ0n) is 20.3. The van der Waals surface area contributed by atoms with Crippen molar-refractivity contribution < 1.29 is 39.8 Å². The number of fused-ring (bicyclic) bond motifs is 3. The first-order chi connectivity index (χ1) is 15.9. The van der Waals surface area contributed by atoms with Crippen LogP contribution in [-0.4, -0.2) is 74.4 Å². The number of esters is 1. The van der Waals surface area contributed by atoms with Gasteiger partial charge in [0.1, 0.15) is 24.4 Å². The van der Waals surface area contributed by atoms with Crippen LogP contribution in [0, 0.1) is 28.1 Å². The maximum Gasteiger partial charge on any atom is 0.314 e. The van der Waals surface area contributed by atoms with Gasteiger partial charge in [-0.2, -0.15) is 0 Å². The molecular formula is C26H40O8. The largest absolute Gasteiger partial charge is 0.432 e. The van der Waals surface area contributed by atoms with E-state index < -0.39 is 54.3 Å². The molecule has 192 valence electrons. The maximum atomic E-state index is 13.7. The predicted octanol–water partition coefficient (Wildman–Crippen LogP) is 1.41. The minimum Gasteiger partial charge on any atom is -0.432 e. The number of rotatable bonds is 3. The van der Waals surface area contributed by atoms with E-state index in [1.54, 1.807) is 0 Å². The molecule has 1 saturated heterocycles. The van der Waals surface area contributed by atoms with Gasteiger partial charge in [0.05, 0.1) is 17.6 Å². The van der Waals surface area contributed by atoms with Gasteiger partial charge in [-0.3, -0.25) is 4.79 Å². The molecule has 4 aliphatic carbocycles. The van der Waals surface area contributed by atoms with E-state index >= 15 is 0 Å². The standard InChI is InChI=1S/C26H40O8/c1-14-11-25-9-5-16-23(2,17(25)6-10-26(14,32)13-25)7-4-8-24(16,3)22(31)34-21-20(30)19(29)18(28)15(12-27)33-21/h15-21,27-30,32H,1,4-13H2,2-3H3/t15?,16-,17-,18?,19?,20?,21?,23+,24+,25+,26-/m0/s1. The molecule has 1 aliphatic heterocycles. The molecule has 0 aromatic carbocycles. The molecule has 0 radical (unpaired) electrons. The van der Waals surface area contributed by atoms with Crippen molar-refractivity contribution in [3.05, 3.63) is 12.2 Å². The number of carbonyl (C=O) groups excluding carboxylic acids is 1. The van der Waals surface area contributed by atoms with E-state index in [4.69, 9.17) is 9.47 Å². The van der Waals surface area contributed by atoms with Gasteiger partial charge in [0.15, 0.2) is 0 Å². The fourth-order valence-corrected chi connectivity index (χ4v) is 9.00. The quantitative estimate of drug-likeness (QED) is 0.302. The van der Waals surface area contributed by atoms with Crippen LogP contribution in [0.4, 0.5) is 0 Å². The van der Waals surface area contributed by atoms with Crippen LogP contribution in [-0.2, 0) is 14.3 Å². The monoisotopic (exact) mass is 480 g/mol. The molecular weight excluding hydrogens is 440 g/mol. The van der Waals surface area contributed by atoms with Gasteiger partial charge in [0.2, 0.25) is 6.29 Å². The molecule has 34 heavy (non-hydrogen) atoms. The van der Waals surface area contributed by atoms with Gasteiger partial charge in [-0.1, -0.05) is 19.9 Å². The molecule has 1 heterocycles. The highest BCUT2D eigenvalue weighted by Crippen LogP contribution is 2.73. The minimum atomic E-state index is -1.60. The van der Waals surface area contributed by atoms with Crippen LogP contribution >= 0.6 is 0 Å². The van der Waals surface area contributed by atoms with Crippen molar-refractivity contribution in [2.75, 3.05) is 6.61 Å². The fourth-order valence-electron chi connectivity index (χ4n) is 9.00. The van der Waals surface area contributed by atoms with E-state index in [9.17, 15) is 30.3 Å². The predicted molar refractivity (Wildman–Crippen MR) is 121 cm³/mol. The molecule has 0 amide bonds. The van der Waals surface area contributed by atoms with Crippen LogP contribution in [0.3, 0.4) is 0 Å². The number of aliphatic hydroxyl groups is 5. The summed E-state index contributed by atoms with van der Waals surface area (Å²) >= 11 is 0. The van der Waals surface area contributed by atoms with E-state index in [-0.39, 0.29) is 16.7 Å². The summed E-state index contributed by atoms with van der Waals surface area (Å²) in [5, 5.41) is 51.1. The Hall–Kier alpha value is -1.03. The molecule has 1 spiro atoms. The Balaban J connectivity index is 1.39. The lowest BCUT2D eigenvalue weighted by molar-refractivity contribution is -0.298. The number of hydrogen-bond donors (Lipinski definition) is 5. The molecule has 5 fully saturated rings. The highest BCUT2D eigenvalue weighted by atomic mass is 16.7. The first-order valence-corrected chi connectivity index (χ1v) is 12.8. The smallest absolute Gasteiger partial charge is 0.314 e. The van der Waals surface area contributed by atoms with Gasteiger partial charge in [-0.25, -0.2) is 0 Å². The van der Waals surface area contributed by atoms with E-state index in [0.717, 1.165) is 56.9 Å². The third-order valence-electron chi connectivity index (χ3n) is 10.7. The Labute approximate surface area is 201 Å². The Kier molecular flexibility index (Phi) is 5.79. The van der Waals surface area contributed by atoms with Gasteiger partial charge in [-0.05, 0) is 86.5 Å². The molecule has 8 heteroatoms. The van der Waals surface area contributed by atoms with Gasteiger partial charge >= 0.3 is 5.97 Å². The normalized spacial score (nSPS) is 54.8.